The Morgan fingerprint density at radius 1 is 1.35 bits per heavy atom. The highest BCUT2D eigenvalue weighted by molar-refractivity contribution is 6.01. The smallest absolute Gasteiger partial charge is 0.406 e. The van der Waals surface area contributed by atoms with E-state index in [1.165, 1.54) is 19.1 Å². The number of nitrogens with zero attached hydrogens (tertiary/aromatic N) is 3. The second kappa shape index (κ2) is 6.04. The van der Waals surface area contributed by atoms with Crippen molar-refractivity contribution in [3.05, 3.63) is 30.2 Å². The fourth-order valence-electron chi connectivity index (χ4n) is 1.49. The maximum absolute atomic E-state index is 12.1. The number of hydrogen-bond donors (Lipinski definition) is 2. The van der Waals surface area contributed by atoms with Crippen LogP contribution in [0.1, 0.15) is 17.6 Å². The summed E-state index contributed by atoms with van der Waals surface area (Å²) >= 11 is 0. The van der Waals surface area contributed by atoms with Crippen LogP contribution in [0.25, 0.3) is 11.4 Å². The number of carbonyl (C=O) groups excluding carboxylic acids is 1. The molecule has 0 aliphatic rings. The lowest BCUT2D eigenvalue weighted by molar-refractivity contribution is -0.274. The molecular formula is C12H10F3N5O3. The van der Waals surface area contributed by atoms with E-state index in [0.717, 1.165) is 12.1 Å². The van der Waals surface area contributed by atoms with Crippen molar-refractivity contribution in [1.29, 1.82) is 5.41 Å². The van der Waals surface area contributed by atoms with E-state index in [2.05, 4.69) is 14.9 Å². The molecule has 0 unspecified atom stereocenters. The summed E-state index contributed by atoms with van der Waals surface area (Å²) in [6.45, 7) is 1.29. The van der Waals surface area contributed by atoms with E-state index in [9.17, 15) is 18.0 Å². The van der Waals surface area contributed by atoms with Gasteiger partial charge in [0.25, 0.3) is 0 Å². The Bertz CT molecular complexity index is 726. The lowest BCUT2D eigenvalue weighted by Gasteiger charge is -2.10. The van der Waals surface area contributed by atoms with Gasteiger partial charge in [0.15, 0.2) is 0 Å². The van der Waals surface area contributed by atoms with Crippen LogP contribution in [0.2, 0.25) is 0 Å². The van der Waals surface area contributed by atoms with Gasteiger partial charge in [-0.15, -0.1) is 13.2 Å². The molecule has 0 aliphatic carbocycles. The summed E-state index contributed by atoms with van der Waals surface area (Å²) in [5.74, 6) is 3.33. The molecule has 11 heteroatoms. The highest BCUT2D eigenvalue weighted by atomic mass is 19.4. The largest absolute Gasteiger partial charge is 0.573 e. The van der Waals surface area contributed by atoms with Crippen LogP contribution >= 0.6 is 0 Å². The van der Waals surface area contributed by atoms with E-state index in [4.69, 9.17) is 15.8 Å². The second-order valence-corrected chi connectivity index (χ2v) is 4.26. The topological polar surface area (TPSA) is 118 Å². The average molecular weight is 329 g/mol. The summed E-state index contributed by atoms with van der Waals surface area (Å²) in [7, 11) is 0. The number of benzene rings is 1. The first-order valence-electron chi connectivity index (χ1n) is 6.01. The second-order valence-electron chi connectivity index (χ2n) is 4.26. The molecule has 0 aliphatic heterocycles. The van der Waals surface area contributed by atoms with Crippen molar-refractivity contribution in [2.24, 2.45) is 5.84 Å². The number of alkyl halides is 3. The van der Waals surface area contributed by atoms with Crippen LogP contribution in [-0.4, -0.2) is 33.3 Å². The number of nitrogens with two attached hydrogens (primary N) is 1. The Labute approximate surface area is 127 Å². The summed E-state index contributed by atoms with van der Waals surface area (Å²) in [5, 5.41) is 11.3. The van der Waals surface area contributed by atoms with E-state index < -0.39 is 23.9 Å². The van der Waals surface area contributed by atoms with Crippen LogP contribution < -0.4 is 10.6 Å². The minimum absolute atomic E-state index is 0.0251. The summed E-state index contributed by atoms with van der Waals surface area (Å²) < 4.78 is 44.6. The number of amides is 1. The molecule has 1 aromatic carbocycles. The third-order valence-corrected chi connectivity index (χ3v) is 2.54. The summed E-state index contributed by atoms with van der Waals surface area (Å²) in [4.78, 5) is 15.5. The molecule has 1 heterocycles. The van der Waals surface area contributed by atoms with Gasteiger partial charge in [0.05, 0.1) is 0 Å². The molecule has 2 aromatic rings. The fraction of sp³-hybridized carbons (Fsp3) is 0.167. The van der Waals surface area contributed by atoms with Gasteiger partial charge in [-0.2, -0.15) is 4.98 Å². The average Bonchev–Trinajstić information content (AvgIpc) is 2.94. The SMILES string of the molecule is CC(=N)N(N)C(=O)c1nc(-c2ccc(OC(F)(F)F)cc2)no1. The Morgan fingerprint density at radius 3 is 2.48 bits per heavy atom. The van der Waals surface area contributed by atoms with Gasteiger partial charge in [0.2, 0.25) is 5.82 Å². The zero-order valence-electron chi connectivity index (χ0n) is 11.6. The first kappa shape index (κ1) is 16.4. The Kier molecular flexibility index (Phi) is 4.31. The van der Waals surface area contributed by atoms with Crippen LogP contribution in [-0.2, 0) is 0 Å². The number of carbonyl (C=O) groups is 1. The molecule has 122 valence electrons. The molecule has 0 fully saturated rings. The molecule has 0 saturated carbocycles. The first-order valence-corrected chi connectivity index (χ1v) is 6.01. The highest BCUT2D eigenvalue weighted by Crippen LogP contribution is 2.25. The normalized spacial score (nSPS) is 11.2. The number of rotatable bonds is 3. The molecule has 0 radical (unpaired) electrons. The van der Waals surface area contributed by atoms with Gasteiger partial charge >= 0.3 is 18.2 Å². The first-order chi connectivity index (χ1) is 10.7. The predicted octanol–water partition coefficient (Wildman–Crippen LogP) is 1.95. The zero-order chi connectivity index (χ0) is 17.2. The van der Waals surface area contributed by atoms with Gasteiger partial charge in [-0.05, 0) is 31.2 Å². The van der Waals surface area contributed by atoms with Gasteiger partial charge < -0.3 is 9.26 Å². The van der Waals surface area contributed by atoms with Crippen molar-refractivity contribution >= 4 is 11.7 Å². The Balaban J connectivity index is 2.17. The predicted molar refractivity (Wildman–Crippen MR) is 70.2 cm³/mol. The lowest BCUT2D eigenvalue weighted by Crippen LogP contribution is -2.40. The molecule has 1 amide bonds. The monoisotopic (exact) mass is 329 g/mol. The van der Waals surface area contributed by atoms with E-state index in [1.807, 2.05) is 0 Å². The maximum atomic E-state index is 12.1. The van der Waals surface area contributed by atoms with Gasteiger partial charge in [0.1, 0.15) is 11.6 Å². The van der Waals surface area contributed by atoms with E-state index in [0.29, 0.717) is 10.6 Å². The molecule has 2 rings (SSSR count). The van der Waals surface area contributed by atoms with E-state index in [1.54, 1.807) is 0 Å². The number of hydrazine groups is 1. The number of amidine groups is 1. The van der Waals surface area contributed by atoms with Crippen molar-refractivity contribution in [2.45, 2.75) is 13.3 Å². The maximum Gasteiger partial charge on any atom is 0.573 e. The molecule has 0 bridgehead atoms. The van der Waals surface area contributed by atoms with Crippen LogP contribution in [0.3, 0.4) is 0 Å². The van der Waals surface area contributed by atoms with E-state index >= 15 is 0 Å². The lowest BCUT2D eigenvalue weighted by atomic mass is 10.2. The number of ether oxygens (including phenoxy) is 1. The van der Waals surface area contributed by atoms with Crippen molar-refractivity contribution in [3.63, 3.8) is 0 Å². The van der Waals surface area contributed by atoms with Gasteiger partial charge in [0, 0.05) is 5.56 Å². The van der Waals surface area contributed by atoms with Gasteiger partial charge in [-0.3, -0.25) is 10.2 Å². The molecule has 8 nitrogen and oxygen atoms in total. The number of hydrogen-bond acceptors (Lipinski definition) is 7. The highest BCUT2D eigenvalue weighted by Gasteiger charge is 2.31. The molecule has 0 saturated heterocycles. The van der Waals surface area contributed by atoms with Crippen molar-refractivity contribution in [3.8, 4) is 17.1 Å². The number of halogens is 3. The molecular weight excluding hydrogens is 319 g/mol. The van der Waals surface area contributed by atoms with Crippen molar-refractivity contribution in [1.82, 2.24) is 15.1 Å². The summed E-state index contributed by atoms with van der Waals surface area (Å²) in [5.41, 5.74) is 0.303. The fourth-order valence-corrected chi connectivity index (χ4v) is 1.49. The zero-order valence-corrected chi connectivity index (χ0v) is 11.6. The van der Waals surface area contributed by atoms with Crippen LogP contribution in [0.15, 0.2) is 28.8 Å². The Morgan fingerprint density at radius 2 is 1.96 bits per heavy atom. The van der Waals surface area contributed by atoms with Crippen LogP contribution in [0, 0.1) is 5.41 Å². The molecule has 1 aromatic heterocycles. The summed E-state index contributed by atoms with van der Waals surface area (Å²) in [6, 6.07) is 4.67. The molecule has 23 heavy (non-hydrogen) atoms. The third kappa shape index (κ3) is 4.03. The van der Waals surface area contributed by atoms with Crippen molar-refractivity contribution in [2.75, 3.05) is 0 Å². The van der Waals surface area contributed by atoms with Gasteiger partial charge in [-0.25, -0.2) is 10.9 Å². The summed E-state index contributed by atoms with van der Waals surface area (Å²) in [6.07, 6.45) is -4.79. The number of nitrogens with one attached hydrogen (secondary N) is 1. The molecule has 0 spiro atoms. The third-order valence-electron chi connectivity index (χ3n) is 2.54. The number of aromatic nitrogens is 2. The minimum atomic E-state index is -4.79. The van der Waals surface area contributed by atoms with Crippen molar-refractivity contribution < 1.29 is 27.2 Å². The van der Waals surface area contributed by atoms with E-state index in [-0.39, 0.29) is 11.7 Å². The van der Waals surface area contributed by atoms with Crippen LogP contribution in [0.5, 0.6) is 5.75 Å². The Hall–Kier alpha value is -2.95. The molecule has 3 N–H and O–H groups in total. The quantitative estimate of drug-likeness (QED) is 0.292. The standard InChI is InChI=1S/C12H10F3N5O3/c1-6(16)20(17)11(21)10-18-9(19-23-10)7-2-4-8(5-3-7)22-12(13,14)15/h2-5,16H,17H2,1H3. The molecule has 0 atom stereocenters. The minimum Gasteiger partial charge on any atom is -0.406 e. The van der Waals surface area contributed by atoms with Crippen LogP contribution in [0.4, 0.5) is 13.2 Å². The van der Waals surface area contributed by atoms with Gasteiger partial charge in [-0.1, -0.05) is 5.16 Å².